The lowest BCUT2D eigenvalue weighted by atomic mass is 9.96. The van der Waals surface area contributed by atoms with E-state index in [9.17, 15) is 4.79 Å². The molecule has 0 fully saturated rings. The van der Waals surface area contributed by atoms with Crippen LogP contribution in [0.3, 0.4) is 0 Å². The molecule has 0 heterocycles. The van der Waals surface area contributed by atoms with Crippen LogP contribution in [0.2, 0.25) is 0 Å². The Hall–Kier alpha value is -1.94. The highest BCUT2D eigenvalue weighted by Crippen LogP contribution is 2.22. The molecule has 24 heavy (non-hydrogen) atoms. The molecule has 0 radical (unpaired) electrons. The van der Waals surface area contributed by atoms with Crippen molar-refractivity contribution in [2.45, 2.75) is 44.0 Å². The van der Waals surface area contributed by atoms with E-state index < -0.39 is 0 Å². The molecule has 0 aliphatic carbocycles. The standard InChI is InChI=1S/C20H26N2OS/c1-5-14(2)16-9-11-17(12-10-16)15(3)21-20(23)22-18-7-6-8-19(13-18)24-4/h6-15H,5H2,1-4H3,(H2,21,22,23)/t14-,15+/m1/s1. The van der Waals surface area contributed by atoms with Gasteiger partial charge in [0.1, 0.15) is 0 Å². The van der Waals surface area contributed by atoms with E-state index in [4.69, 9.17) is 0 Å². The molecule has 0 saturated carbocycles. The second kappa shape index (κ2) is 8.78. The van der Waals surface area contributed by atoms with Gasteiger partial charge in [-0.05, 0) is 54.8 Å². The molecule has 0 spiro atoms. The average molecular weight is 343 g/mol. The lowest BCUT2D eigenvalue weighted by molar-refractivity contribution is 0.249. The van der Waals surface area contributed by atoms with E-state index in [2.05, 4.69) is 48.7 Å². The van der Waals surface area contributed by atoms with Crippen molar-refractivity contribution in [2.24, 2.45) is 0 Å². The smallest absolute Gasteiger partial charge is 0.319 e. The van der Waals surface area contributed by atoms with Crippen molar-refractivity contribution in [2.75, 3.05) is 11.6 Å². The van der Waals surface area contributed by atoms with E-state index in [1.54, 1.807) is 11.8 Å². The van der Waals surface area contributed by atoms with E-state index in [0.29, 0.717) is 5.92 Å². The summed E-state index contributed by atoms with van der Waals surface area (Å²) >= 11 is 1.65. The molecule has 4 heteroatoms. The number of urea groups is 1. The third-order valence-electron chi connectivity index (χ3n) is 4.29. The summed E-state index contributed by atoms with van der Waals surface area (Å²) in [7, 11) is 0. The number of nitrogens with one attached hydrogen (secondary N) is 2. The Kier molecular flexibility index (Phi) is 6.73. The maximum absolute atomic E-state index is 12.2. The summed E-state index contributed by atoms with van der Waals surface area (Å²) in [6.45, 7) is 6.42. The third-order valence-corrected chi connectivity index (χ3v) is 5.02. The lowest BCUT2D eigenvalue weighted by Gasteiger charge is -2.17. The van der Waals surface area contributed by atoms with Crippen LogP contribution in [0.25, 0.3) is 0 Å². The number of hydrogen-bond acceptors (Lipinski definition) is 2. The molecule has 0 saturated heterocycles. The summed E-state index contributed by atoms with van der Waals surface area (Å²) in [5.41, 5.74) is 3.25. The van der Waals surface area contributed by atoms with Crippen LogP contribution in [0, 0.1) is 0 Å². The molecule has 2 amide bonds. The normalized spacial score (nSPS) is 13.2. The molecular weight excluding hydrogens is 316 g/mol. The Balaban J connectivity index is 1.95. The van der Waals surface area contributed by atoms with Crippen LogP contribution in [-0.2, 0) is 0 Å². The number of carbonyl (C=O) groups excluding carboxylic acids is 1. The first-order chi connectivity index (χ1) is 11.5. The monoisotopic (exact) mass is 342 g/mol. The van der Waals surface area contributed by atoms with E-state index in [-0.39, 0.29) is 12.1 Å². The van der Waals surface area contributed by atoms with Gasteiger partial charge in [0.2, 0.25) is 0 Å². The van der Waals surface area contributed by atoms with Gasteiger partial charge in [-0.15, -0.1) is 11.8 Å². The maximum Gasteiger partial charge on any atom is 0.319 e. The Bertz CT molecular complexity index is 670. The topological polar surface area (TPSA) is 41.1 Å². The summed E-state index contributed by atoms with van der Waals surface area (Å²) in [6, 6.07) is 16.1. The van der Waals surface area contributed by atoms with Gasteiger partial charge < -0.3 is 10.6 Å². The van der Waals surface area contributed by atoms with Gasteiger partial charge >= 0.3 is 6.03 Å². The molecule has 3 nitrogen and oxygen atoms in total. The molecule has 0 aliphatic heterocycles. The molecule has 128 valence electrons. The number of anilines is 1. The van der Waals surface area contributed by atoms with E-state index in [0.717, 1.165) is 22.6 Å². The van der Waals surface area contributed by atoms with Crippen LogP contribution in [0.4, 0.5) is 10.5 Å². The lowest BCUT2D eigenvalue weighted by Crippen LogP contribution is -2.31. The Morgan fingerprint density at radius 3 is 2.38 bits per heavy atom. The molecular formula is C20H26N2OS. The molecule has 2 N–H and O–H groups in total. The predicted molar refractivity (Wildman–Crippen MR) is 104 cm³/mol. The van der Waals surface area contributed by atoms with Gasteiger partial charge in [0, 0.05) is 10.6 Å². The van der Waals surface area contributed by atoms with Gasteiger partial charge in [0.05, 0.1) is 6.04 Å². The number of benzene rings is 2. The van der Waals surface area contributed by atoms with Crippen LogP contribution in [0.1, 0.15) is 50.3 Å². The van der Waals surface area contributed by atoms with Crippen molar-refractivity contribution in [1.82, 2.24) is 5.32 Å². The highest BCUT2D eigenvalue weighted by atomic mass is 32.2. The summed E-state index contributed by atoms with van der Waals surface area (Å²) < 4.78 is 0. The number of amides is 2. The molecule has 0 bridgehead atoms. The third kappa shape index (κ3) is 5.03. The first-order valence-electron chi connectivity index (χ1n) is 8.35. The van der Waals surface area contributed by atoms with Crippen LogP contribution in [0.5, 0.6) is 0 Å². The molecule has 2 rings (SSSR count). The molecule has 0 aliphatic rings. The van der Waals surface area contributed by atoms with Crippen LogP contribution in [-0.4, -0.2) is 12.3 Å². The van der Waals surface area contributed by atoms with E-state index in [1.165, 1.54) is 5.56 Å². The maximum atomic E-state index is 12.2. The number of rotatable bonds is 6. The van der Waals surface area contributed by atoms with Crippen molar-refractivity contribution in [3.05, 3.63) is 59.7 Å². The molecule has 0 unspecified atom stereocenters. The van der Waals surface area contributed by atoms with Crippen molar-refractivity contribution in [3.63, 3.8) is 0 Å². The van der Waals surface area contributed by atoms with Crippen LogP contribution >= 0.6 is 11.8 Å². The minimum Gasteiger partial charge on any atom is -0.331 e. The SMILES string of the molecule is CC[C@@H](C)c1ccc([C@H](C)NC(=O)Nc2cccc(SC)c2)cc1. The number of carbonyl (C=O) groups is 1. The number of thioether (sulfide) groups is 1. The summed E-state index contributed by atoms with van der Waals surface area (Å²) in [5.74, 6) is 0.564. The van der Waals surface area contributed by atoms with Crippen molar-refractivity contribution < 1.29 is 4.79 Å². The van der Waals surface area contributed by atoms with E-state index in [1.807, 2.05) is 37.4 Å². The second-order valence-corrected chi connectivity index (χ2v) is 6.91. The Labute approximate surface area is 149 Å². The quantitative estimate of drug-likeness (QED) is 0.651. The number of hydrogen-bond donors (Lipinski definition) is 2. The zero-order valence-electron chi connectivity index (χ0n) is 14.8. The average Bonchev–Trinajstić information content (AvgIpc) is 2.61. The first-order valence-corrected chi connectivity index (χ1v) is 9.57. The van der Waals surface area contributed by atoms with Crippen LogP contribution in [0.15, 0.2) is 53.4 Å². The minimum atomic E-state index is -0.188. The van der Waals surface area contributed by atoms with Crippen LogP contribution < -0.4 is 10.6 Å². The van der Waals surface area contributed by atoms with Crippen molar-refractivity contribution >= 4 is 23.5 Å². The van der Waals surface area contributed by atoms with Crippen molar-refractivity contribution in [3.8, 4) is 0 Å². The summed E-state index contributed by atoms with van der Waals surface area (Å²) in [4.78, 5) is 13.3. The molecule has 2 aromatic rings. The first kappa shape index (κ1) is 18.4. The summed E-state index contributed by atoms with van der Waals surface area (Å²) in [6.07, 6.45) is 3.15. The Morgan fingerprint density at radius 2 is 1.75 bits per heavy atom. The fourth-order valence-electron chi connectivity index (χ4n) is 2.50. The van der Waals surface area contributed by atoms with Gasteiger partial charge in [0.25, 0.3) is 0 Å². The molecule has 0 aromatic heterocycles. The second-order valence-electron chi connectivity index (χ2n) is 6.03. The Morgan fingerprint density at radius 1 is 1.08 bits per heavy atom. The summed E-state index contributed by atoms with van der Waals surface area (Å²) in [5, 5.41) is 5.88. The van der Waals surface area contributed by atoms with Crippen molar-refractivity contribution in [1.29, 1.82) is 0 Å². The predicted octanol–water partition coefficient (Wildman–Crippen LogP) is 5.80. The van der Waals surface area contributed by atoms with Gasteiger partial charge in [-0.25, -0.2) is 4.79 Å². The largest absolute Gasteiger partial charge is 0.331 e. The zero-order valence-corrected chi connectivity index (χ0v) is 15.6. The highest BCUT2D eigenvalue weighted by Gasteiger charge is 2.11. The van der Waals surface area contributed by atoms with Gasteiger partial charge in [-0.2, -0.15) is 0 Å². The fraction of sp³-hybridized carbons (Fsp3) is 0.350. The van der Waals surface area contributed by atoms with Gasteiger partial charge in [-0.3, -0.25) is 0 Å². The van der Waals surface area contributed by atoms with Gasteiger partial charge in [0.15, 0.2) is 0 Å². The minimum absolute atomic E-state index is 0.0419. The molecule has 2 aromatic carbocycles. The van der Waals surface area contributed by atoms with Gasteiger partial charge in [-0.1, -0.05) is 44.2 Å². The highest BCUT2D eigenvalue weighted by molar-refractivity contribution is 7.98. The van der Waals surface area contributed by atoms with E-state index >= 15 is 0 Å². The molecule has 2 atom stereocenters. The fourth-order valence-corrected chi connectivity index (χ4v) is 2.96. The zero-order chi connectivity index (χ0) is 17.5.